The van der Waals surface area contributed by atoms with Crippen molar-refractivity contribution in [3.8, 4) is 0 Å². The molecule has 3 rings (SSSR count). The van der Waals surface area contributed by atoms with Crippen LogP contribution in [0, 0.1) is 0 Å². The standard InChI is InChI=1S/C29H41N3O4Si/c1-28(2,3)36-27(33)31-25(21-32-20-14-19-30-32)26(34-7)22-35-37(29(4,5)6,23-15-10-8-11-16-23)24-17-12-9-13-18-24/h8-20,25-26H,21-22H2,1-7H3,(H,31,33)/t25-,26-/m1/s1. The highest BCUT2D eigenvalue weighted by Crippen LogP contribution is 2.37. The van der Waals surface area contributed by atoms with Gasteiger partial charge in [0.15, 0.2) is 0 Å². The van der Waals surface area contributed by atoms with Crippen LogP contribution in [-0.4, -0.2) is 55.7 Å². The van der Waals surface area contributed by atoms with Crippen LogP contribution in [0.2, 0.25) is 5.04 Å². The molecule has 3 aromatic rings. The zero-order valence-corrected chi connectivity index (χ0v) is 24.1. The second-order valence-corrected chi connectivity index (χ2v) is 15.5. The first-order valence-corrected chi connectivity index (χ1v) is 14.6. The second-order valence-electron chi connectivity index (χ2n) is 11.2. The summed E-state index contributed by atoms with van der Waals surface area (Å²) in [6.45, 7) is 12.9. The zero-order chi connectivity index (χ0) is 27.1. The molecule has 1 heterocycles. The molecule has 7 nitrogen and oxygen atoms in total. The van der Waals surface area contributed by atoms with Gasteiger partial charge in [-0.15, -0.1) is 0 Å². The first-order chi connectivity index (χ1) is 17.5. The van der Waals surface area contributed by atoms with E-state index in [4.69, 9.17) is 13.9 Å². The van der Waals surface area contributed by atoms with Gasteiger partial charge in [-0.05, 0) is 42.2 Å². The summed E-state index contributed by atoms with van der Waals surface area (Å²) < 4.78 is 20.4. The predicted octanol–water partition coefficient (Wildman–Crippen LogP) is 4.37. The van der Waals surface area contributed by atoms with Crippen molar-refractivity contribution < 1.29 is 18.7 Å². The van der Waals surface area contributed by atoms with Crippen LogP contribution >= 0.6 is 0 Å². The van der Waals surface area contributed by atoms with E-state index in [2.05, 4.69) is 79.7 Å². The Morgan fingerprint density at radius 2 is 1.51 bits per heavy atom. The fourth-order valence-corrected chi connectivity index (χ4v) is 9.21. The summed E-state index contributed by atoms with van der Waals surface area (Å²) in [6.07, 6.45) is 2.63. The quantitative estimate of drug-likeness (QED) is 0.400. The summed E-state index contributed by atoms with van der Waals surface area (Å²) in [7, 11) is -1.13. The van der Waals surface area contributed by atoms with Crippen molar-refractivity contribution in [2.45, 2.75) is 70.9 Å². The van der Waals surface area contributed by atoms with Gasteiger partial charge in [0.25, 0.3) is 8.32 Å². The minimum atomic E-state index is -2.78. The minimum absolute atomic E-state index is 0.177. The molecule has 1 N–H and O–H groups in total. The fourth-order valence-electron chi connectivity index (χ4n) is 4.64. The summed E-state index contributed by atoms with van der Waals surface area (Å²) in [6, 6.07) is 22.4. The molecule has 0 saturated heterocycles. The number of nitrogens with one attached hydrogen (secondary N) is 1. The van der Waals surface area contributed by atoms with Crippen molar-refractivity contribution in [1.29, 1.82) is 0 Å². The molecule has 8 heteroatoms. The first kappa shape index (κ1) is 28.6. The maximum Gasteiger partial charge on any atom is 0.408 e. The summed E-state index contributed by atoms with van der Waals surface area (Å²) in [5, 5.41) is 9.54. The van der Waals surface area contributed by atoms with Gasteiger partial charge < -0.3 is 19.2 Å². The lowest BCUT2D eigenvalue weighted by molar-refractivity contribution is 0.0101. The molecule has 0 spiro atoms. The third-order valence-corrected chi connectivity index (χ3v) is 11.3. The molecule has 2 aromatic carbocycles. The molecule has 200 valence electrons. The Labute approximate surface area is 222 Å². The van der Waals surface area contributed by atoms with Crippen LogP contribution < -0.4 is 15.7 Å². The van der Waals surface area contributed by atoms with Crippen LogP contribution in [0.1, 0.15) is 41.5 Å². The van der Waals surface area contributed by atoms with Crippen molar-refractivity contribution >= 4 is 24.8 Å². The minimum Gasteiger partial charge on any atom is -0.444 e. The van der Waals surface area contributed by atoms with Crippen LogP contribution in [-0.2, 0) is 20.4 Å². The van der Waals surface area contributed by atoms with E-state index in [1.165, 1.54) is 10.4 Å². The van der Waals surface area contributed by atoms with Crippen LogP contribution in [0.4, 0.5) is 4.79 Å². The van der Waals surface area contributed by atoms with E-state index in [1.54, 1.807) is 18.0 Å². The monoisotopic (exact) mass is 523 g/mol. The van der Waals surface area contributed by atoms with E-state index in [-0.39, 0.29) is 11.6 Å². The van der Waals surface area contributed by atoms with Crippen molar-refractivity contribution in [2.75, 3.05) is 13.7 Å². The van der Waals surface area contributed by atoms with Crippen LogP contribution in [0.5, 0.6) is 0 Å². The number of ether oxygens (including phenoxy) is 2. The van der Waals surface area contributed by atoms with E-state index in [0.717, 1.165) is 0 Å². The lowest BCUT2D eigenvalue weighted by Crippen LogP contribution is -2.67. The lowest BCUT2D eigenvalue weighted by atomic mass is 10.1. The van der Waals surface area contributed by atoms with Gasteiger partial charge in [-0.1, -0.05) is 81.4 Å². The number of rotatable bonds is 10. The van der Waals surface area contributed by atoms with Crippen molar-refractivity contribution in [3.05, 3.63) is 79.1 Å². The Morgan fingerprint density at radius 1 is 0.946 bits per heavy atom. The zero-order valence-electron chi connectivity index (χ0n) is 23.1. The van der Waals surface area contributed by atoms with Crippen LogP contribution in [0.15, 0.2) is 79.1 Å². The number of alkyl carbamates (subject to hydrolysis) is 1. The Bertz CT molecular complexity index is 1050. The summed E-state index contributed by atoms with van der Waals surface area (Å²) in [5.74, 6) is 0. The maximum absolute atomic E-state index is 12.8. The molecule has 0 bridgehead atoms. The summed E-state index contributed by atoms with van der Waals surface area (Å²) in [4.78, 5) is 12.8. The molecule has 1 aromatic heterocycles. The number of carbonyl (C=O) groups excluding carboxylic acids is 1. The fraction of sp³-hybridized carbons (Fsp3) is 0.448. The Kier molecular flexibility index (Phi) is 9.34. The Hall–Kier alpha value is -2.94. The largest absolute Gasteiger partial charge is 0.444 e. The molecule has 0 fully saturated rings. The molecule has 0 unspecified atom stereocenters. The Morgan fingerprint density at radius 3 is 1.95 bits per heavy atom. The number of amides is 1. The summed E-state index contributed by atoms with van der Waals surface area (Å²) in [5.41, 5.74) is -0.617. The van der Waals surface area contributed by atoms with E-state index < -0.39 is 32.2 Å². The van der Waals surface area contributed by atoms with Crippen molar-refractivity contribution in [2.24, 2.45) is 0 Å². The average Bonchev–Trinajstić information content (AvgIpc) is 3.34. The smallest absolute Gasteiger partial charge is 0.408 e. The molecule has 0 saturated carbocycles. The van der Waals surface area contributed by atoms with Gasteiger partial charge >= 0.3 is 6.09 Å². The van der Waals surface area contributed by atoms with E-state index in [0.29, 0.717) is 6.54 Å². The van der Waals surface area contributed by atoms with Gasteiger partial charge in [-0.2, -0.15) is 5.10 Å². The van der Waals surface area contributed by atoms with Gasteiger partial charge in [-0.3, -0.25) is 4.68 Å². The molecule has 0 aliphatic rings. The van der Waals surface area contributed by atoms with Gasteiger partial charge in [0, 0.05) is 19.5 Å². The molecule has 2 atom stereocenters. The lowest BCUT2D eigenvalue weighted by Gasteiger charge is -2.44. The molecule has 0 aliphatic heterocycles. The number of aromatic nitrogens is 2. The van der Waals surface area contributed by atoms with Gasteiger partial charge in [-0.25, -0.2) is 4.79 Å². The number of nitrogens with zero attached hydrogens (tertiary/aromatic N) is 2. The van der Waals surface area contributed by atoms with E-state index >= 15 is 0 Å². The van der Waals surface area contributed by atoms with E-state index in [9.17, 15) is 4.79 Å². The second kappa shape index (κ2) is 12.1. The van der Waals surface area contributed by atoms with Crippen LogP contribution in [0.3, 0.4) is 0 Å². The van der Waals surface area contributed by atoms with Crippen molar-refractivity contribution in [1.82, 2.24) is 15.1 Å². The molecule has 0 radical (unpaired) electrons. The maximum atomic E-state index is 12.8. The number of hydrogen-bond donors (Lipinski definition) is 1. The number of methoxy groups -OCH3 is 1. The van der Waals surface area contributed by atoms with Gasteiger partial charge in [0.05, 0.1) is 19.2 Å². The highest BCUT2D eigenvalue weighted by Gasteiger charge is 2.50. The average molecular weight is 524 g/mol. The number of benzene rings is 2. The van der Waals surface area contributed by atoms with E-state index in [1.807, 2.05) is 45.2 Å². The van der Waals surface area contributed by atoms with Crippen molar-refractivity contribution in [3.63, 3.8) is 0 Å². The Balaban J connectivity index is 1.97. The highest BCUT2D eigenvalue weighted by molar-refractivity contribution is 6.99. The number of hydrogen-bond acceptors (Lipinski definition) is 5. The molecule has 0 aliphatic carbocycles. The van der Waals surface area contributed by atoms with Gasteiger partial charge in [0.2, 0.25) is 0 Å². The summed E-state index contributed by atoms with van der Waals surface area (Å²) >= 11 is 0. The normalized spacial score (nSPS) is 14.1. The highest BCUT2D eigenvalue weighted by atomic mass is 28.4. The third-order valence-electron chi connectivity index (χ3n) is 6.28. The molecular weight excluding hydrogens is 482 g/mol. The number of carbonyl (C=O) groups is 1. The topological polar surface area (TPSA) is 74.6 Å². The molecule has 37 heavy (non-hydrogen) atoms. The first-order valence-electron chi connectivity index (χ1n) is 12.7. The molecule has 1 amide bonds. The third kappa shape index (κ3) is 7.31. The molecular formula is C29H41N3O4Si. The van der Waals surface area contributed by atoms with Crippen LogP contribution in [0.25, 0.3) is 0 Å². The SMILES string of the molecule is CO[C@H](CO[Si](c1ccccc1)(c1ccccc1)C(C)(C)C)[C@@H](Cn1cccn1)NC(=O)OC(C)(C)C. The predicted molar refractivity (Wildman–Crippen MR) is 150 cm³/mol. The van der Waals surface area contributed by atoms with Gasteiger partial charge in [0.1, 0.15) is 11.7 Å².